The van der Waals surface area contributed by atoms with Gasteiger partial charge in [-0.05, 0) is 49.2 Å². The molecule has 0 aromatic heterocycles. The van der Waals surface area contributed by atoms with Gasteiger partial charge in [-0.1, -0.05) is 18.2 Å². The van der Waals surface area contributed by atoms with Crippen molar-refractivity contribution in [2.45, 2.75) is 13.8 Å². The van der Waals surface area contributed by atoms with Crippen molar-refractivity contribution >= 4 is 11.4 Å². The highest BCUT2D eigenvalue weighted by atomic mass is 15.1. The summed E-state index contributed by atoms with van der Waals surface area (Å²) in [4.78, 5) is 2.05. The van der Waals surface area contributed by atoms with E-state index in [1.807, 2.05) is 38.2 Å². The first-order chi connectivity index (χ1) is 8.61. The maximum Gasteiger partial charge on any atom is 0.101 e. The normalized spacial score (nSPS) is 9.89. The van der Waals surface area contributed by atoms with Crippen LogP contribution in [0.4, 0.5) is 11.4 Å². The van der Waals surface area contributed by atoms with E-state index in [-0.39, 0.29) is 0 Å². The molecule has 0 N–H and O–H groups in total. The highest BCUT2D eigenvalue weighted by Gasteiger charge is 2.09. The second kappa shape index (κ2) is 4.93. The van der Waals surface area contributed by atoms with Gasteiger partial charge < -0.3 is 4.90 Å². The Labute approximate surface area is 108 Å². The van der Waals surface area contributed by atoms with Crippen molar-refractivity contribution in [2.24, 2.45) is 0 Å². The van der Waals surface area contributed by atoms with Crippen molar-refractivity contribution in [1.82, 2.24) is 0 Å². The summed E-state index contributed by atoms with van der Waals surface area (Å²) in [5.74, 6) is 0. The smallest absolute Gasteiger partial charge is 0.101 e. The van der Waals surface area contributed by atoms with E-state index in [1.165, 1.54) is 5.56 Å². The van der Waals surface area contributed by atoms with Crippen molar-refractivity contribution in [3.8, 4) is 6.07 Å². The molecule has 18 heavy (non-hydrogen) atoms. The SMILES string of the molecule is Cc1cccc(N(C)c2cc(C)ccc2C#N)c1. The minimum absolute atomic E-state index is 0.699. The fraction of sp³-hybridized carbons (Fsp3) is 0.188. The molecule has 2 rings (SSSR count). The maximum atomic E-state index is 9.18. The van der Waals surface area contributed by atoms with Crippen LogP contribution < -0.4 is 4.90 Å². The van der Waals surface area contributed by atoms with Gasteiger partial charge in [0.25, 0.3) is 0 Å². The van der Waals surface area contributed by atoms with E-state index in [0.717, 1.165) is 16.9 Å². The molecule has 0 radical (unpaired) electrons. The third-order valence-corrected chi connectivity index (χ3v) is 3.02. The minimum atomic E-state index is 0.699. The molecule has 0 atom stereocenters. The van der Waals surface area contributed by atoms with Crippen LogP contribution in [0.1, 0.15) is 16.7 Å². The number of nitrogens with zero attached hydrogens (tertiary/aromatic N) is 2. The number of aryl methyl sites for hydroxylation is 2. The van der Waals surface area contributed by atoms with Crippen LogP contribution in [0.2, 0.25) is 0 Å². The third kappa shape index (κ3) is 2.36. The molecule has 0 unspecified atom stereocenters. The van der Waals surface area contributed by atoms with Crippen molar-refractivity contribution in [3.63, 3.8) is 0 Å². The van der Waals surface area contributed by atoms with E-state index < -0.39 is 0 Å². The second-order valence-corrected chi connectivity index (χ2v) is 4.53. The van der Waals surface area contributed by atoms with E-state index in [2.05, 4.69) is 36.1 Å². The average molecular weight is 236 g/mol. The average Bonchev–Trinajstić information content (AvgIpc) is 2.38. The maximum absolute atomic E-state index is 9.18. The molecule has 2 nitrogen and oxygen atoms in total. The van der Waals surface area contributed by atoms with Gasteiger partial charge in [-0.15, -0.1) is 0 Å². The Bertz CT molecular complexity index is 609. The van der Waals surface area contributed by atoms with Crippen LogP contribution in [0.15, 0.2) is 42.5 Å². The summed E-state index contributed by atoms with van der Waals surface area (Å²) in [5.41, 5.74) is 5.11. The van der Waals surface area contributed by atoms with Gasteiger partial charge in [0.15, 0.2) is 0 Å². The predicted octanol–water partition coefficient (Wildman–Crippen LogP) is 3.94. The summed E-state index contributed by atoms with van der Waals surface area (Å²) >= 11 is 0. The van der Waals surface area contributed by atoms with Gasteiger partial charge in [-0.3, -0.25) is 0 Å². The molecule has 90 valence electrons. The lowest BCUT2D eigenvalue weighted by Crippen LogP contribution is -2.11. The molecule has 0 saturated heterocycles. The van der Waals surface area contributed by atoms with Crippen LogP contribution in [-0.4, -0.2) is 7.05 Å². The predicted molar refractivity (Wildman–Crippen MR) is 75.1 cm³/mol. The van der Waals surface area contributed by atoms with Gasteiger partial charge >= 0.3 is 0 Å². The van der Waals surface area contributed by atoms with Crippen LogP contribution in [0, 0.1) is 25.2 Å². The van der Waals surface area contributed by atoms with Gasteiger partial charge in [0, 0.05) is 12.7 Å². The lowest BCUT2D eigenvalue weighted by molar-refractivity contribution is 1.18. The molecule has 0 spiro atoms. The first kappa shape index (κ1) is 12.2. The Morgan fingerprint density at radius 2 is 1.72 bits per heavy atom. The fourth-order valence-electron chi connectivity index (χ4n) is 1.99. The van der Waals surface area contributed by atoms with E-state index >= 15 is 0 Å². The summed E-state index contributed by atoms with van der Waals surface area (Å²) in [7, 11) is 1.99. The van der Waals surface area contributed by atoms with Gasteiger partial charge in [-0.2, -0.15) is 5.26 Å². The van der Waals surface area contributed by atoms with E-state index in [4.69, 9.17) is 0 Å². The van der Waals surface area contributed by atoms with E-state index in [9.17, 15) is 5.26 Å². The molecule has 0 heterocycles. The Morgan fingerprint density at radius 1 is 1.00 bits per heavy atom. The van der Waals surface area contributed by atoms with Gasteiger partial charge in [-0.25, -0.2) is 0 Å². The van der Waals surface area contributed by atoms with Crippen molar-refractivity contribution in [1.29, 1.82) is 5.26 Å². The number of nitriles is 1. The summed E-state index contributed by atoms with van der Waals surface area (Å²) < 4.78 is 0. The van der Waals surface area contributed by atoms with Crippen LogP contribution in [0.25, 0.3) is 0 Å². The standard InChI is InChI=1S/C16H16N2/c1-12-5-4-6-15(9-12)18(3)16-10-13(2)7-8-14(16)11-17/h4-10H,1-3H3. The van der Waals surface area contributed by atoms with Crippen LogP contribution in [0.3, 0.4) is 0 Å². The Morgan fingerprint density at radius 3 is 2.39 bits per heavy atom. The molecule has 0 aliphatic carbocycles. The lowest BCUT2D eigenvalue weighted by atomic mass is 10.1. The summed E-state index contributed by atoms with van der Waals surface area (Å²) in [6.45, 7) is 4.10. The number of benzene rings is 2. The van der Waals surface area contributed by atoms with E-state index in [1.54, 1.807) is 0 Å². The highest BCUT2D eigenvalue weighted by molar-refractivity contribution is 5.69. The molecular formula is C16H16N2. The van der Waals surface area contributed by atoms with Crippen LogP contribution >= 0.6 is 0 Å². The zero-order valence-corrected chi connectivity index (χ0v) is 10.9. The zero-order valence-electron chi connectivity index (χ0n) is 10.9. The van der Waals surface area contributed by atoms with E-state index in [0.29, 0.717) is 5.56 Å². The zero-order chi connectivity index (χ0) is 13.1. The van der Waals surface area contributed by atoms with Gasteiger partial charge in [0.05, 0.1) is 11.3 Å². The molecule has 0 aliphatic rings. The molecule has 0 bridgehead atoms. The van der Waals surface area contributed by atoms with Crippen molar-refractivity contribution in [2.75, 3.05) is 11.9 Å². The fourth-order valence-corrected chi connectivity index (χ4v) is 1.99. The molecule has 0 saturated carbocycles. The Kier molecular flexibility index (Phi) is 3.34. The Hall–Kier alpha value is -2.27. The molecule has 2 heteroatoms. The molecular weight excluding hydrogens is 220 g/mol. The molecule has 0 fully saturated rings. The number of hydrogen-bond donors (Lipinski definition) is 0. The molecule has 2 aromatic carbocycles. The number of anilines is 2. The van der Waals surface area contributed by atoms with Crippen molar-refractivity contribution < 1.29 is 0 Å². The van der Waals surface area contributed by atoms with Gasteiger partial charge in [0.2, 0.25) is 0 Å². The van der Waals surface area contributed by atoms with Crippen LogP contribution in [-0.2, 0) is 0 Å². The monoisotopic (exact) mass is 236 g/mol. The Balaban J connectivity index is 2.49. The molecule has 0 amide bonds. The third-order valence-electron chi connectivity index (χ3n) is 3.02. The quantitative estimate of drug-likeness (QED) is 0.789. The summed E-state index contributed by atoms with van der Waals surface area (Å²) in [5, 5.41) is 9.18. The second-order valence-electron chi connectivity index (χ2n) is 4.53. The largest absolute Gasteiger partial charge is 0.344 e. The number of rotatable bonds is 2. The molecule has 2 aromatic rings. The van der Waals surface area contributed by atoms with Crippen molar-refractivity contribution in [3.05, 3.63) is 59.2 Å². The topological polar surface area (TPSA) is 27.0 Å². The first-order valence-corrected chi connectivity index (χ1v) is 5.93. The first-order valence-electron chi connectivity index (χ1n) is 5.93. The number of hydrogen-bond acceptors (Lipinski definition) is 2. The summed E-state index contributed by atoms with van der Waals surface area (Å²) in [6.07, 6.45) is 0. The minimum Gasteiger partial charge on any atom is -0.344 e. The van der Waals surface area contributed by atoms with Gasteiger partial charge in [0.1, 0.15) is 6.07 Å². The molecule has 0 aliphatic heterocycles. The van der Waals surface area contributed by atoms with Crippen LogP contribution in [0.5, 0.6) is 0 Å². The lowest BCUT2D eigenvalue weighted by Gasteiger charge is -2.21. The summed E-state index contributed by atoms with van der Waals surface area (Å²) in [6, 6.07) is 16.4. The highest BCUT2D eigenvalue weighted by Crippen LogP contribution is 2.28.